The van der Waals surface area contributed by atoms with Gasteiger partial charge in [0, 0.05) is 19.7 Å². The number of rotatable bonds is 7. The van der Waals surface area contributed by atoms with E-state index in [1.165, 1.54) is 0 Å². The molecule has 0 spiro atoms. The minimum absolute atomic E-state index is 0.273. The molecule has 0 bridgehead atoms. The summed E-state index contributed by atoms with van der Waals surface area (Å²) in [6, 6.07) is 0. The Morgan fingerprint density at radius 1 is 1.47 bits per heavy atom. The van der Waals surface area contributed by atoms with Crippen molar-refractivity contribution < 1.29 is 5.11 Å². The number of nitrogens with two attached hydrogens (primary N) is 1. The molecule has 0 aromatic carbocycles. The second kappa shape index (κ2) is 6.29. The maximum absolute atomic E-state index is 8.62. The molecule has 1 aromatic heterocycles. The van der Waals surface area contributed by atoms with E-state index in [1.54, 1.807) is 6.20 Å². The molecule has 0 aliphatic heterocycles. The third kappa shape index (κ3) is 3.43. The molecule has 0 saturated carbocycles. The molecule has 5 nitrogen and oxygen atoms in total. The lowest BCUT2D eigenvalue weighted by Crippen LogP contribution is -2.09. The number of nitrogens with zero attached hydrogens (tertiary/aromatic N) is 2. The number of nitrogen functional groups attached to an aromatic ring is 1. The molecule has 0 unspecified atom stereocenters. The van der Waals surface area contributed by atoms with E-state index >= 15 is 0 Å². The first-order valence-electron chi connectivity index (χ1n) is 5.45. The fourth-order valence-electron chi connectivity index (χ4n) is 1.45. The lowest BCUT2D eigenvalue weighted by molar-refractivity contribution is 0.283. The van der Waals surface area contributed by atoms with Crippen LogP contribution in [0.3, 0.4) is 0 Å². The van der Waals surface area contributed by atoms with Gasteiger partial charge in [-0.1, -0.05) is 0 Å². The van der Waals surface area contributed by atoms with Crippen LogP contribution in [0.25, 0.3) is 0 Å². The van der Waals surface area contributed by atoms with Gasteiger partial charge in [-0.05, 0) is 26.2 Å². The Balaban J connectivity index is 2.33. The zero-order chi connectivity index (χ0) is 11.1. The predicted octanol–water partition coefficient (Wildman–Crippen LogP) is 1.06. The number of anilines is 2. The Kier molecular flexibility index (Phi) is 4.97. The number of aliphatic hydroxyl groups excluding tert-OH is 1. The summed E-state index contributed by atoms with van der Waals surface area (Å²) in [6.45, 7) is 3.99. The van der Waals surface area contributed by atoms with Crippen molar-refractivity contribution in [3.05, 3.63) is 6.20 Å². The molecule has 0 saturated heterocycles. The Morgan fingerprint density at radius 2 is 2.27 bits per heavy atom. The summed E-state index contributed by atoms with van der Waals surface area (Å²) in [5, 5.41) is 16.0. The minimum Gasteiger partial charge on any atom is -0.396 e. The molecule has 4 N–H and O–H groups in total. The van der Waals surface area contributed by atoms with Gasteiger partial charge in [-0.2, -0.15) is 5.10 Å². The highest BCUT2D eigenvalue weighted by molar-refractivity contribution is 5.60. The van der Waals surface area contributed by atoms with E-state index in [0.29, 0.717) is 5.69 Å². The van der Waals surface area contributed by atoms with Crippen molar-refractivity contribution in [3.8, 4) is 0 Å². The standard InChI is InChI=1S/C10H20N4O/c1-2-14-10(9(11)8-13-14)12-6-4-3-5-7-15/h8,12,15H,2-7,11H2,1H3. The Bertz CT molecular complexity index is 285. The highest BCUT2D eigenvalue weighted by Crippen LogP contribution is 2.16. The molecule has 5 heteroatoms. The van der Waals surface area contributed by atoms with E-state index in [4.69, 9.17) is 10.8 Å². The maximum atomic E-state index is 8.62. The average Bonchev–Trinajstić information content (AvgIpc) is 2.60. The highest BCUT2D eigenvalue weighted by atomic mass is 16.2. The van der Waals surface area contributed by atoms with Gasteiger partial charge in [0.15, 0.2) is 0 Å². The van der Waals surface area contributed by atoms with Crippen molar-refractivity contribution >= 4 is 11.5 Å². The van der Waals surface area contributed by atoms with E-state index in [9.17, 15) is 0 Å². The van der Waals surface area contributed by atoms with Gasteiger partial charge in [0.05, 0.1) is 11.9 Å². The Labute approximate surface area is 90.3 Å². The smallest absolute Gasteiger partial charge is 0.147 e. The van der Waals surface area contributed by atoms with Crippen molar-refractivity contribution in [1.82, 2.24) is 9.78 Å². The van der Waals surface area contributed by atoms with Gasteiger partial charge in [-0.15, -0.1) is 0 Å². The van der Waals surface area contributed by atoms with Crippen molar-refractivity contribution in [3.63, 3.8) is 0 Å². The van der Waals surface area contributed by atoms with Gasteiger partial charge >= 0.3 is 0 Å². The molecule has 0 aliphatic rings. The second-order valence-electron chi connectivity index (χ2n) is 3.48. The highest BCUT2D eigenvalue weighted by Gasteiger charge is 2.04. The van der Waals surface area contributed by atoms with Gasteiger partial charge in [0.2, 0.25) is 0 Å². The normalized spacial score (nSPS) is 10.5. The number of nitrogens with one attached hydrogen (secondary N) is 1. The first kappa shape index (κ1) is 11.8. The minimum atomic E-state index is 0.273. The van der Waals surface area contributed by atoms with Crippen LogP contribution in [0.2, 0.25) is 0 Å². The van der Waals surface area contributed by atoms with Crippen molar-refractivity contribution in [2.24, 2.45) is 0 Å². The van der Waals surface area contributed by atoms with E-state index in [-0.39, 0.29) is 6.61 Å². The van der Waals surface area contributed by atoms with Crippen LogP contribution in [0, 0.1) is 0 Å². The molecule has 0 fully saturated rings. The summed E-state index contributed by atoms with van der Waals surface area (Å²) >= 11 is 0. The van der Waals surface area contributed by atoms with Crippen molar-refractivity contribution in [2.75, 3.05) is 24.2 Å². The zero-order valence-electron chi connectivity index (χ0n) is 9.24. The van der Waals surface area contributed by atoms with Crippen LogP contribution in [0.1, 0.15) is 26.2 Å². The molecule has 0 aliphatic carbocycles. The summed E-state index contributed by atoms with van der Waals surface area (Å²) in [5.41, 5.74) is 6.47. The van der Waals surface area contributed by atoms with Gasteiger partial charge in [0.1, 0.15) is 5.82 Å². The molecular formula is C10H20N4O. The molecule has 0 atom stereocenters. The van der Waals surface area contributed by atoms with Crippen LogP contribution in [0.15, 0.2) is 6.20 Å². The summed E-state index contributed by atoms with van der Waals surface area (Å²) in [4.78, 5) is 0. The summed E-state index contributed by atoms with van der Waals surface area (Å²) in [6.07, 6.45) is 4.60. The van der Waals surface area contributed by atoms with Crippen LogP contribution in [0.4, 0.5) is 11.5 Å². The lowest BCUT2D eigenvalue weighted by Gasteiger charge is -2.08. The fraction of sp³-hybridized carbons (Fsp3) is 0.700. The molecule has 86 valence electrons. The molecule has 0 amide bonds. The number of aromatic nitrogens is 2. The molecule has 1 rings (SSSR count). The van der Waals surface area contributed by atoms with E-state index in [1.807, 2.05) is 11.6 Å². The SMILES string of the molecule is CCn1ncc(N)c1NCCCCCO. The van der Waals surface area contributed by atoms with E-state index in [0.717, 1.165) is 38.2 Å². The van der Waals surface area contributed by atoms with Crippen LogP contribution in [-0.2, 0) is 6.54 Å². The van der Waals surface area contributed by atoms with Crippen LogP contribution < -0.4 is 11.1 Å². The third-order valence-electron chi connectivity index (χ3n) is 2.29. The molecule has 1 aromatic rings. The summed E-state index contributed by atoms with van der Waals surface area (Å²) in [5.74, 6) is 0.904. The van der Waals surface area contributed by atoms with Crippen LogP contribution in [-0.4, -0.2) is 28.0 Å². The zero-order valence-corrected chi connectivity index (χ0v) is 9.24. The Hall–Kier alpha value is -1.23. The third-order valence-corrected chi connectivity index (χ3v) is 2.29. The fourth-order valence-corrected chi connectivity index (χ4v) is 1.45. The number of aliphatic hydroxyl groups is 1. The van der Waals surface area contributed by atoms with Gasteiger partial charge in [-0.25, -0.2) is 4.68 Å². The molecule has 0 radical (unpaired) electrons. The molecule has 15 heavy (non-hydrogen) atoms. The van der Waals surface area contributed by atoms with Crippen molar-refractivity contribution in [2.45, 2.75) is 32.7 Å². The summed E-state index contributed by atoms with van der Waals surface area (Å²) in [7, 11) is 0. The Morgan fingerprint density at radius 3 is 2.93 bits per heavy atom. The van der Waals surface area contributed by atoms with E-state index < -0.39 is 0 Å². The first-order chi connectivity index (χ1) is 7.29. The second-order valence-corrected chi connectivity index (χ2v) is 3.48. The van der Waals surface area contributed by atoms with E-state index in [2.05, 4.69) is 10.4 Å². The number of hydrogen-bond donors (Lipinski definition) is 3. The molecule has 1 heterocycles. The quantitative estimate of drug-likeness (QED) is 0.591. The number of aryl methyl sites for hydroxylation is 1. The summed E-state index contributed by atoms with van der Waals surface area (Å²) < 4.78 is 1.85. The largest absolute Gasteiger partial charge is 0.396 e. The topological polar surface area (TPSA) is 76.1 Å². The number of hydrogen-bond acceptors (Lipinski definition) is 4. The van der Waals surface area contributed by atoms with Crippen molar-refractivity contribution in [1.29, 1.82) is 0 Å². The monoisotopic (exact) mass is 212 g/mol. The predicted molar refractivity (Wildman–Crippen MR) is 61.7 cm³/mol. The van der Waals surface area contributed by atoms with Gasteiger partial charge in [0.25, 0.3) is 0 Å². The number of unbranched alkanes of at least 4 members (excludes halogenated alkanes) is 2. The first-order valence-corrected chi connectivity index (χ1v) is 5.45. The van der Waals surface area contributed by atoms with Crippen LogP contribution >= 0.6 is 0 Å². The lowest BCUT2D eigenvalue weighted by atomic mass is 10.2. The van der Waals surface area contributed by atoms with Gasteiger partial charge < -0.3 is 16.2 Å². The van der Waals surface area contributed by atoms with Gasteiger partial charge in [-0.3, -0.25) is 0 Å². The van der Waals surface area contributed by atoms with Crippen LogP contribution in [0.5, 0.6) is 0 Å². The average molecular weight is 212 g/mol. The molecular weight excluding hydrogens is 192 g/mol. The maximum Gasteiger partial charge on any atom is 0.147 e.